The average molecular weight is 415 g/mol. The van der Waals surface area contributed by atoms with Gasteiger partial charge in [0.1, 0.15) is 0 Å². The number of nitrogens with one attached hydrogen (secondary N) is 2. The molecule has 3 heterocycles. The molecule has 0 unspecified atom stereocenters. The quantitative estimate of drug-likeness (QED) is 0.708. The van der Waals surface area contributed by atoms with Crippen molar-refractivity contribution in [2.75, 3.05) is 49.6 Å². The van der Waals surface area contributed by atoms with Gasteiger partial charge in [0.2, 0.25) is 0 Å². The minimum absolute atomic E-state index is 0.189. The van der Waals surface area contributed by atoms with Crippen molar-refractivity contribution in [2.24, 2.45) is 0 Å². The minimum Gasteiger partial charge on any atom is -0.377 e. The zero-order valence-corrected chi connectivity index (χ0v) is 17.5. The highest BCUT2D eigenvalue weighted by atomic mass is 35.5. The van der Waals surface area contributed by atoms with Crippen LogP contribution in [0.3, 0.4) is 0 Å². The Balaban J connectivity index is 1.34. The van der Waals surface area contributed by atoms with Gasteiger partial charge in [-0.15, -0.1) is 0 Å². The van der Waals surface area contributed by atoms with Crippen molar-refractivity contribution in [3.63, 3.8) is 0 Å². The van der Waals surface area contributed by atoms with Gasteiger partial charge in [0.15, 0.2) is 0 Å². The van der Waals surface area contributed by atoms with E-state index in [0.717, 1.165) is 62.0 Å². The van der Waals surface area contributed by atoms with Gasteiger partial charge in [-0.25, -0.2) is 0 Å². The lowest BCUT2D eigenvalue weighted by Gasteiger charge is -2.50. The van der Waals surface area contributed by atoms with Gasteiger partial charge in [0.25, 0.3) is 0 Å². The minimum atomic E-state index is 0.189. The maximum absolute atomic E-state index is 7.79. The molecule has 0 spiro atoms. The maximum Gasteiger partial charge on any atom is 0.0770 e. The van der Waals surface area contributed by atoms with E-state index < -0.39 is 0 Å². The third kappa shape index (κ3) is 3.63. The molecule has 0 radical (unpaired) electrons. The summed E-state index contributed by atoms with van der Waals surface area (Å²) in [6, 6.07) is 4.50. The van der Waals surface area contributed by atoms with Gasteiger partial charge in [-0.05, 0) is 31.9 Å². The fourth-order valence-corrected chi connectivity index (χ4v) is 4.50. The van der Waals surface area contributed by atoms with Gasteiger partial charge in [0.05, 0.1) is 47.4 Å². The number of hydrogen-bond acceptors (Lipinski definition) is 6. The van der Waals surface area contributed by atoms with Crippen LogP contribution in [0.4, 0.5) is 17.1 Å². The van der Waals surface area contributed by atoms with E-state index in [4.69, 9.17) is 21.7 Å². The predicted molar refractivity (Wildman–Crippen MR) is 116 cm³/mol. The second kappa shape index (κ2) is 7.31. The molecular weight excluding hydrogens is 388 g/mol. The van der Waals surface area contributed by atoms with Crippen LogP contribution in [0.5, 0.6) is 0 Å². The van der Waals surface area contributed by atoms with Crippen LogP contribution in [0, 0.1) is 5.41 Å². The predicted octanol–water partition coefficient (Wildman–Crippen LogP) is 3.52. The SMILES string of the molecule is CC1(N2CCN(c3cc(Nc4cnn(C5CC5)c4)c(C=N)cc3Cl)CC2)COC1. The molecule has 3 fully saturated rings. The summed E-state index contributed by atoms with van der Waals surface area (Å²) in [6.45, 7) is 7.78. The van der Waals surface area contributed by atoms with Crippen molar-refractivity contribution in [3.05, 3.63) is 35.1 Å². The van der Waals surface area contributed by atoms with Crippen LogP contribution in [0.25, 0.3) is 0 Å². The third-order valence-corrected chi connectivity index (χ3v) is 6.59. The Bertz CT molecular complexity index is 912. The standard InChI is InChI=1S/C21H27ClN6O/c1-21(13-29-14-21)27-6-4-26(5-7-27)20-9-19(15(10-23)8-18(20)22)25-16-11-24-28(12-16)17-2-3-17/h8-12,17,23,25H,2-7,13-14H2,1H3. The highest BCUT2D eigenvalue weighted by Gasteiger charge is 2.40. The number of ether oxygens (including phenoxy) is 1. The fraction of sp³-hybridized carbons (Fsp3) is 0.524. The van der Waals surface area contributed by atoms with E-state index in [1.54, 1.807) is 0 Å². The zero-order valence-electron chi connectivity index (χ0n) is 16.7. The highest BCUT2D eigenvalue weighted by molar-refractivity contribution is 6.33. The number of nitrogens with zero attached hydrogens (tertiary/aromatic N) is 4. The molecule has 7 nitrogen and oxygen atoms in total. The Kier molecular flexibility index (Phi) is 4.76. The molecule has 0 bridgehead atoms. The summed E-state index contributed by atoms with van der Waals surface area (Å²) >= 11 is 6.61. The van der Waals surface area contributed by atoms with Crippen LogP contribution in [0.2, 0.25) is 5.02 Å². The second-order valence-corrected chi connectivity index (χ2v) is 8.97. The number of hydrogen-bond donors (Lipinski definition) is 2. The monoisotopic (exact) mass is 414 g/mol. The number of piperazine rings is 1. The zero-order chi connectivity index (χ0) is 20.0. The molecule has 1 aromatic carbocycles. The summed E-state index contributed by atoms with van der Waals surface area (Å²) in [5.41, 5.74) is 3.81. The van der Waals surface area contributed by atoms with Gasteiger partial charge < -0.3 is 20.4 Å². The molecular formula is C21H27ClN6O. The summed E-state index contributed by atoms with van der Waals surface area (Å²) in [4.78, 5) is 4.87. The Morgan fingerprint density at radius 1 is 1.24 bits per heavy atom. The molecule has 2 saturated heterocycles. The Morgan fingerprint density at radius 2 is 2.00 bits per heavy atom. The highest BCUT2D eigenvalue weighted by Crippen LogP contribution is 2.37. The Hall–Kier alpha value is -2.09. The third-order valence-electron chi connectivity index (χ3n) is 6.29. The lowest BCUT2D eigenvalue weighted by molar-refractivity contribution is -0.131. The van der Waals surface area contributed by atoms with Crippen molar-refractivity contribution in [1.29, 1.82) is 5.41 Å². The van der Waals surface area contributed by atoms with Crippen LogP contribution < -0.4 is 10.2 Å². The van der Waals surface area contributed by atoms with Crippen molar-refractivity contribution in [2.45, 2.75) is 31.3 Å². The topological polar surface area (TPSA) is 69.4 Å². The Labute approximate surface area is 176 Å². The first kappa shape index (κ1) is 18.9. The fourth-order valence-electron chi connectivity index (χ4n) is 4.21. The summed E-state index contributed by atoms with van der Waals surface area (Å²) in [5.74, 6) is 0. The molecule has 8 heteroatoms. The molecule has 3 aliphatic rings. The van der Waals surface area contributed by atoms with Crippen LogP contribution >= 0.6 is 11.6 Å². The van der Waals surface area contributed by atoms with Crippen molar-refractivity contribution >= 4 is 34.9 Å². The molecule has 1 aliphatic carbocycles. The number of anilines is 3. The molecule has 1 aromatic heterocycles. The molecule has 5 rings (SSSR count). The van der Waals surface area contributed by atoms with Gasteiger partial charge in [-0.2, -0.15) is 5.10 Å². The van der Waals surface area contributed by atoms with Crippen LogP contribution in [0.1, 0.15) is 31.4 Å². The van der Waals surface area contributed by atoms with E-state index in [1.807, 2.05) is 23.1 Å². The van der Waals surface area contributed by atoms with Crippen LogP contribution in [-0.4, -0.2) is 65.8 Å². The number of aromatic nitrogens is 2. The molecule has 2 N–H and O–H groups in total. The van der Waals surface area contributed by atoms with E-state index >= 15 is 0 Å². The first-order valence-electron chi connectivity index (χ1n) is 10.3. The van der Waals surface area contributed by atoms with Gasteiger partial charge in [-0.3, -0.25) is 9.58 Å². The molecule has 2 aromatic rings. The van der Waals surface area contributed by atoms with E-state index in [1.165, 1.54) is 19.1 Å². The number of benzene rings is 1. The Morgan fingerprint density at radius 3 is 2.62 bits per heavy atom. The second-order valence-electron chi connectivity index (χ2n) is 8.56. The smallest absolute Gasteiger partial charge is 0.0770 e. The molecule has 1 saturated carbocycles. The van der Waals surface area contributed by atoms with Crippen LogP contribution in [-0.2, 0) is 4.74 Å². The van der Waals surface area contributed by atoms with Crippen LogP contribution in [0.15, 0.2) is 24.5 Å². The summed E-state index contributed by atoms with van der Waals surface area (Å²) in [6.07, 6.45) is 7.64. The number of halogens is 1. The molecule has 154 valence electrons. The molecule has 0 atom stereocenters. The first-order chi connectivity index (χ1) is 14.1. The summed E-state index contributed by atoms with van der Waals surface area (Å²) in [5, 5.41) is 16.4. The number of rotatable bonds is 6. The van der Waals surface area contributed by atoms with Gasteiger partial charge >= 0.3 is 0 Å². The van der Waals surface area contributed by atoms with Crippen molar-refractivity contribution < 1.29 is 4.74 Å². The van der Waals surface area contributed by atoms with E-state index in [-0.39, 0.29) is 5.54 Å². The molecule has 29 heavy (non-hydrogen) atoms. The lowest BCUT2D eigenvalue weighted by atomic mass is 9.97. The van der Waals surface area contributed by atoms with Gasteiger partial charge in [0, 0.05) is 49.8 Å². The molecule has 0 amide bonds. The summed E-state index contributed by atoms with van der Waals surface area (Å²) in [7, 11) is 0. The largest absolute Gasteiger partial charge is 0.377 e. The first-order valence-corrected chi connectivity index (χ1v) is 10.7. The van der Waals surface area contributed by atoms with Gasteiger partial charge in [-0.1, -0.05) is 11.6 Å². The normalized spacial score (nSPS) is 21.7. The summed E-state index contributed by atoms with van der Waals surface area (Å²) < 4.78 is 7.45. The van der Waals surface area contributed by atoms with E-state index in [0.29, 0.717) is 11.1 Å². The lowest BCUT2D eigenvalue weighted by Crippen LogP contribution is -2.64. The van der Waals surface area contributed by atoms with E-state index in [2.05, 4.69) is 33.2 Å². The average Bonchev–Trinajstić information content (AvgIpc) is 3.46. The molecule has 2 aliphatic heterocycles. The van der Waals surface area contributed by atoms with Crippen molar-refractivity contribution in [1.82, 2.24) is 14.7 Å². The van der Waals surface area contributed by atoms with Crippen molar-refractivity contribution in [3.8, 4) is 0 Å². The maximum atomic E-state index is 7.79. The van der Waals surface area contributed by atoms with E-state index in [9.17, 15) is 0 Å².